The predicted molar refractivity (Wildman–Crippen MR) is 107 cm³/mol. The molecular weight excluding hydrogens is 344 g/mol. The van der Waals surface area contributed by atoms with Gasteiger partial charge < -0.3 is 21.3 Å². The highest BCUT2D eigenvalue weighted by Crippen LogP contribution is 2.20. The van der Waals surface area contributed by atoms with Gasteiger partial charge >= 0.3 is 0 Å². The Hall–Kier alpha value is -3.35. The fourth-order valence-electron chi connectivity index (χ4n) is 2.38. The maximum atomic E-state index is 12.2. The van der Waals surface area contributed by atoms with Crippen molar-refractivity contribution in [3.63, 3.8) is 0 Å². The van der Waals surface area contributed by atoms with Crippen LogP contribution in [0.25, 0.3) is 0 Å². The molecular formula is C20H24N4O3. The molecule has 0 aliphatic carbocycles. The Morgan fingerprint density at radius 3 is 2.41 bits per heavy atom. The lowest BCUT2D eigenvalue weighted by atomic mass is 10.1. The lowest BCUT2D eigenvalue weighted by Crippen LogP contribution is -2.22. The molecule has 27 heavy (non-hydrogen) atoms. The Kier molecular flexibility index (Phi) is 6.93. The number of anilines is 3. The first-order valence-corrected chi connectivity index (χ1v) is 8.69. The third-order valence-electron chi connectivity index (χ3n) is 3.92. The average molecular weight is 368 g/mol. The van der Waals surface area contributed by atoms with Gasteiger partial charge in [0.1, 0.15) is 0 Å². The second kappa shape index (κ2) is 9.38. The van der Waals surface area contributed by atoms with Crippen molar-refractivity contribution >= 4 is 34.8 Å². The van der Waals surface area contributed by atoms with Crippen molar-refractivity contribution in [1.82, 2.24) is 5.32 Å². The summed E-state index contributed by atoms with van der Waals surface area (Å²) in [6.45, 7) is 3.74. The average Bonchev–Trinajstić information content (AvgIpc) is 2.68. The molecule has 4 N–H and O–H groups in total. The van der Waals surface area contributed by atoms with E-state index < -0.39 is 0 Å². The van der Waals surface area contributed by atoms with Gasteiger partial charge in [-0.15, -0.1) is 0 Å². The van der Waals surface area contributed by atoms with Crippen molar-refractivity contribution in [2.45, 2.75) is 20.3 Å². The monoisotopic (exact) mass is 368 g/mol. The van der Waals surface area contributed by atoms with Gasteiger partial charge in [-0.2, -0.15) is 0 Å². The van der Waals surface area contributed by atoms with Crippen molar-refractivity contribution in [2.75, 3.05) is 29.5 Å². The molecule has 2 aromatic rings. The van der Waals surface area contributed by atoms with Crippen molar-refractivity contribution in [1.29, 1.82) is 0 Å². The van der Waals surface area contributed by atoms with E-state index in [0.29, 0.717) is 23.4 Å². The smallest absolute Gasteiger partial charge is 0.251 e. The third-order valence-corrected chi connectivity index (χ3v) is 3.92. The molecule has 0 aromatic heterocycles. The Morgan fingerprint density at radius 1 is 0.926 bits per heavy atom. The van der Waals surface area contributed by atoms with Crippen LogP contribution in [0.2, 0.25) is 0 Å². The molecule has 2 rings (SSSR count). The van der Waals surface area contributed by atoms with Gasteiger partial charge in [-0.25, -0.2) is 0 Å². The summed E-state index contributed by atoms with van der Waals surface area (Å²) in [6, 6.07) is 12.2. The number of amides is 3. The summed E-state index contributed by atoms with van der Waals surface area (Å²) in [5.41, 5.74) is 3.39. The lowest BCUT2D eigenvalue weighted by molar-refractivity contribution is -0.116. The number of hydrogen-bond donors (Lipinski definition) is 4. The molecule has 0 radical (unpaired) electrons. The molecule has 0 aliphatic heterocycles. The van der Waals surface area contributed by atoms with Crippen LogP contribution in [0.4, 0.5) is 17.1 Å². The lowest BCUT2D eigenvalue weighted by Gasteiger charge is -2.12. The van der Waals surface area contributed by atoms with E-state index in [4.69, 9.17) is 0 Å². The Labute approximate surface area is 158 Å². The quantitative estimate of drug-likeness (QED) is 0.604. The van der Waals surface area contributed by atoms with Crippen LogP contribution < -0.4 is 21.3 Å². The molecule has 0 fully saturated rings. The first kappa shape index (κ1) is 20.0. The van der Waals surface area contributed by atoms with Crippen LogP contribution in [0.3, 0.4) is 0 Å². The highest BCUT2D eigenvalue weighted by atomic mass is 16.2. The molecule has 0 heterocycles. The van der Waals surface area contributed by atoms with Crippen LogP contribution in [-0.2, 0) is 9.59 Å². The SMILES string of the molecule is CCC(=O)Nc1cc(NCC(=O)Nc2cccc(C(=O)NC)c2)ccc1C. The maximum Gasteiger partial charge on any atom is 0.251 e. The van der Waals surface area contributed by atoms with Gasteiger partial charge in [-0.3, -0.25) is 14.4 Å². The summed E-state index contributed by atoms with van der Waals surface area (Å²) in [4.78, 5) is 35.4. The third kappa shape index (κ3) is 5.85. The fourth-order valence-corrected chi connectivity index (χ4v) is 2.38. The van der Waals surface area contributed by atoms with Crippen LogP contribution in [0.15, 0.2) is 42.5 Å². The van der Waals surface area contributed by atoms with Gasteiger partial charge in [-0.1, -0.05) is 19.1 Å². The number of carbonyl (C=O) groups excluding carboxylic acids is 3. The Balaban J connectivity index is 1.97. The van der Waals surface area contributed by atoms with Gasteiger partial charge in [0.05, 0.1) is 6.54 Å². The van der Waals surface area contributed by atoms with E-state index in [1.165, 1.54) is 0 Å². The maximum absolute atomic E-state index is 12.2. The minimum atomic E-state index is -0.247. The number of benzene rings is 2. The fraction of sp³-hybridized carbons (Fsp3) is 0.250. The first-order chi connectivity index (χ1) is 12.9. The molecule has 7 heteroatoms. The molecule has 2 aromatic carbocycles. The predicted octanol–water partition coefficient (Wildman–Crippen LogP) is 2.75. The number of rotatable bonds is 7. The molecule has 7 nitrogen and oxygen atoms in total. The van der Waals surface area contributed by atoms with Crippen LogP contribution in [0.5, 0.6) is 0 Å². The van der Waals surface area contributed by atoms with Gasteiger partial charge in [0.25, 0.3) is 5.91 Å². The van der Waals surface area contributed by atoms with E-state index in [1.807, 2.05) is 19.1 Å². The first-order valence-electron chi connectivity index (χ1n) is 8.69. The van der Waals surface area contributed by atoms with Crippen molar-refractivity contribution < 1.29 is 14.4 Å². The van der Waals surface area contributed by atoms with Gasteiger partial charge in [0.15, 0.2) is 0 Å². The zero-order valence-electron chi connectivity index (χ0n) is 15.7. The van der Waals surface area contributed by atoms with Crippen LogP contribution >= 0.6 is 0 Å². The van der Waals surface area contributed by atoms with E-state index in [1.54, 1.807) is 44.3 Å². The standard InChI is InChI=1S/C20H24N4O3/c1-4-18(25)24-17-11-15(9-8-13(17)2)22-12-19(26)23-16-7-5-6-14(10-16)20(27)21-3/h5-11,22H,4,12H2,1-3H3,(H,21,27)(H,23,26)(H,24,25). The van der Waals surface area contributed by atoms with E-state index in [9.17, 15) is 14.4 Å². The summed E-state index contributed by atoms with van der Waals surface area (Å²) < 4.78 is 0. The molecule has 0 spiro atoms. The van der Waals surface area contributed by atoms with Gasteiger partial charge in [0.2, 0.25) is 11.8 Å². The molecule has 0 aliphatic rings. The molecule has 3 amide bonds. The Morgan fingerprint density at radius 2 is 1.70 bits per heavy atom. The minimum absolute atomic E-state index is 0.0500. The van der Waals surface area contributed by atoms with Crippen molar-refractivity contribution in [2.24, 2.45) is 0 Å². The highest BCUT2D eigenvalue weighted by Gasteiger charge is 2.08. The van der Waals surface area contributed by atoms with E-state index in [0.717, 1.165) is 11.3 Å². The second-order valence-electron chi connectivity index (χ2n) is 5.99. The molecule has 0 saturated carbocycles. The summed E-state index contributed by atoms with van der Waals surface area (Å²) in [5.74, 6) is -0.529. The molecule has 0 saturated heterocycles. The number of hydrogen-bond acceptors (Lipinski definition) is 4. The summed E-state index contributed by atoms with van der Waals surface area (Å²) in [5, 5.41) is 11.2. The van der Waals surface area contributed by atoms with Crippen LogP contribution in [0.1, 0.15) is 29.3 Å². The minimum Gasteiger partial charge on any atom is -0.376 e. The van der Waals surface area contributed by atoms with Crippen LogP contribution in [0, 0.1) is 6.92 Å². The number of aryl methyl sites for hydroxylation is 1. The largest absolute Gasteiger partial charge is 0.376 e. The van der Waals surface area contributed by atoms with Crippen LogP contribution in [-0.4, -0.2) is 31.3 Å². The van der Waals surface area contributed by atoms with Gasteiger partial charge in [-0.05, 0) is 42.8 Å². The molecule has 0 bridgehead atoms. The second-order valence-corrected chi connectivity index (χ2v) is 5.99. The normalized spacial score (nSPS) is 10.0. The zero-order chi connectivity index (χ0) is 19.8. The summed E-state index contributed by atoms with van der Waals surface area (Å²) in [6.07, 6.45) is 0.397. The topological polar surface area (TPSA) is 99.3 Å². The highest BCUT2D eigenvalue weighted by molar-refractivity contribution is 5.98. The molecule has 0 atom stereocenters. The van der Waals surface area contributed by atoms with Gasteiger partial charge in [0, 0.05) is 36.1 Å². The Bertz CT molecular complexity index is 849. The van der Waals surface area contributed by atoms with Crippen molar-refractivity contribution in [3.8, 4) is 0 Å². The van der Waals surface area contributed by atoms with E-state index >= 15 is 0 Å². The molecule has 142 valence electrons. The van der Waals surface area contributed by atoms with E-state index in [-0.39, 0.29) is 24.3 Å². The molecule has 0 unspecified atom stereocenters. The number of nitrogens with one attached hydrogen (secondary N) is 4. The summed E-state index contributed by atoms with van der Waals surface area (Å²) >= 11 is 0. The zero-order valence-corrected chi connectivity index (χ0v) is 15.7. The van der Waals surface area contributed by atoms with Crippen molar-refractivity contribution in [3.05, 3.63) is 53.6 Å². The summed E-state index contributed by atoms with van der Waals surface area (Å²) in [7, 11) is 1.55. The van der Waals surface area contributed by atoms with E-state index in [2.05, 4.69) is 21.3 Å². The number of carbonyl (C=O) groups is 3.